The molecule has 0 atom stereocenters. The minimum absolute atomic E-state index is 0. The Bertz CT molecular complexity index is 2140. The van der Waals surface area contributed by atoms with Gasteiger partial charge in [-0.05, 0) is 99.7 Å². The van der Waals surface area contributed by atoms with Crippen molar-refractivity contribution in [3.63, 3.8) is 0 Å². The van der Waals surface area contributed by atoms with Crippen LogP contribution in [0.15, 0.2) is 54.7 Å². The van der Waals surface area contributed by atoms with Crippen LogP contribution in [0.25, 0.3) is 10.9 Å². The number of amides is 4. The molecular weight excluding hydrogens is 772 g/mol. The van der Waals surface area contributed by atoms with Crippen LogP contribution in [0.3, 0.4) is 0 Å². The zero-order valence-corrected chi connectivity index (χ0v) is 33.1. The van der Waals surface area contributed by atoms with Crippen molar-refractivity contribution in [2.45, 2.75) is 76.0 Å². The number of rotatable bonds is 9. The number of nitriles is 1. The lowest BCUT2D eigenvalue weighted by Gasteiger charge is -2.38. The number of nitrogens with zero attached hydrogens (tertiary/aromatic N) is 7. The lowest BCUT2D eigenvalue weighted by atomic mass is 9.92. The number of benzene rings is 2. The lowest BCUT2D eigenvalue weighted by Crippen LogP contribution is -2.50. The molecule has 4 amide bonds. The third kappa shape index (κ3) is 8.96. The average Bonchev–Trinajstić information content (AvgIpc) is 3.64. The van der Waals surface area contributed by atoms with Crippen LogP contribution in [0.2, 0.25) is 5.02 Å². The molecule has 2 aromatic carbocycles. The van der Waals surface area contributed by atoms with Crippen molar-refractivity contribution in [2.24, 2.45) is 5.92 Å². The molecule has 4 aromatic rings. The van der Waals surface area contributed by atoms with Crippen molar-refractivity contribution < 1.29 is 23.5 Å². The van der Waals surface area contributed by atoms with Crippen LogP contribution in [0.1, 0.15) is 79.9 Å². The molecule has 0 spiro atoms. The topological polar surface area (TPSA) is 149 Å². The van der Waals surface area contributed by atoms with Gasteiger partial charge in [-0.1, -0.05) is 11.6 Å². The fraction of sp³-hybridized carbons (Fsp3) is 0.463. The molecule has 2 N–H and O–H groups in total. The average molecular weight is 819 g/mol. The summed E-state index contributed by atoms with van der Waals surface area (Å²) in [6.07, 6.45) is 9.41. The number of hydrogen-bond acceptors (Lipinski definition) is 9. The molecule has 57 heavy (non-hydrogen) atoms. The monoisotopic (exact) mass is 817 g/mol. The summed E-state index contributed by atoms with van der Waals surface area (Å²) in [5.74, 6) is 0.984. The molecule has 13 nitrogen and oxygen atoms in total. The van der Waals surface area contributed by atoms with Gasteiger partial charge < -0.3 is 24.4 Å². The molecule has 3 aliphatic heterocycles. The van der Waals surface area contributed by atoms with Crippen LogP contribution in [0.5, 0.6) is 5.75 Å². The van der Waals surface area contributed by atoms with Crippen molar-refractivity contribution >= 4 is 64.3 Å². The van der Waals surface area contributed by atoms with E-state index < -0.39 is 11.8 Å². The first kappa shape index (κ1) is 40.2. The number of imide groups is 1. The number of piperidine rings is 2. The van der Waals surface area contributed by atoms with E-state index in [4.69, 9.17) is 21.6 Å². The largest absolute Gasteiger partial charge is 0.490 e. The van der Waals surface area contributed by atoms with Gasteiger partial charge in [-0.15, -0.1) is 22.6 Å². The fourth-order valence-corrected chi connectivity index (χ4v) is 8.92. The van der Waals surface area contributed by atoms with E-state index in [0.717, 1.165) is 95.4 Å². The number of fused-ring (bicyclic) bond motifs is 1. The summed E-state index contributed by atoms with van der Waals surface area (Å²) in [6, 6.07) is 15.6. The molecule has 1 saturated carbocycles. The maximum absolute atomic E-state index is 15.1. The van der Waals surface area contributed by atoms with Crippen molar-refractivity contribution in [3.8, 4) is 11.8 Å². The van der Waals surface area contributed by atoms with Crippen molar-refractivity contribution in [1.29, 1.82) is 5.26 Å². The van der Waals surface area contributed by atoms with Gasteiger partial charge in [0.2, 0.25) is 5.91 Å². The maximum atomic E-state index is 15.1. The lowest BCUT2D eigenvalue weighted by molar-refractivity contribution is -0.120. The zero-order chi connectivity index (χ0) is 38.8. The van der Waals surface area contributed by atoms with Gasteiger partial charge in [-0.25, -0.2) is 9.18 Å². The number of carbonyl (C=O) groups excluding carboxylic acids is 3. The summed E-state index contributed by atoms with van der Waals surface area (Å²) in [4.78, 5) is 43.4. The molecule has 8 rings (SSSR count). The van der Waals surface area contributed by atoms with Crippen molar-refractivity contribution in [2.75, 3.05) is 49.1 Å². The summed E-state index contributed by atoms with van der Waals surface area (Å²) in [6.45, 7) is 4.94. The maximum Gasteiger partial charge on any atom is 0.328 e. The number of aromatic nitrogens is 3. The second-order valence-electron chi connectivity index (χ2n) is 15.4. The van der Waals surface area contributed by atoms with Gasteiger partial charge in [-0.3, -0.25) is 19.8 Å². The predicted molar refractivity (Wildman–Crippen MR) is 217 cm³/mol. The molecular formula is C41H46Cl2FN9O4. The van der Waals surface area contributed by atoms with Crippen LogP contribution >= 0.6 is 24.0 Å². The Morgan fingerprint density at radius 2 is 1.72 bits per heavy atom. The molecule has 5 heterocycles. The van der Waals surface area contributed by atoms with Gasteiger partial charge in [0.25, 0.3) is 5.91 Å². The number of anilines is 2. The van der Waals surface area contributed by atoms with E-state index in [0.29, 0.717) is 33.3 Å². The number of urea groups is 1. The second kappa shape index (κ2) is 17.7. The Kier molecular flexibility index (Phi) is 12.5. The van der Waals surface area contributed by atoms with Gasteiger partial charge >= 0.3 is 6.03 Å². The van der Waals surface area contributed by atoms with Gasteiger partial charge in [0, 0.05) is 75.4 Å². The molecule has 3 saturated heterocycles. The summed E-state index contributed by atoms with van der Waals surface area (Å²) in [5, 5.41) is 24.3. The molecule has 0 bridgehead atoms. The summed E-state index contributed by atoms with van der Waals surface area (Å²) in [5.41, 5.74) is 1.85. The van der Waals surface area contributed by atoms with E-state index in [1.807, 2.05) is 18.3 Å². The Morgan fingerprint density at radius 1 is 0.947 bits per heavy atom. The predicted octanol–water partition coefficient (Wildman–Crippen LogP) is 6.64. The fourth-order valence-electron chi connectivity index (χ4n) is 8.71. The minimum atomic E-state index is -0.586. The van der Waals surface area contributed by atoms with E-state index in [1.165, 1.54) is 11.0 Å². The number of carbonyl (C=O) groups is 3. The highest BCUT2D eigenvalue weighted by atomic mass is 35.5. The summed E-state index contributed by atoms with van der Waals surface area (Å²) < 4.78 is 23.4. The molecule has 4 aliphatic rings. The van der Waals surface area contributed by atoms with Gasteiger partial charge in [0.05, 0.1) is 27.9 Å². The third-order valence-electron chi connectivity index (χ3n) is 11.8. The van der Waals surface area contributed by atoms with E-state index in [1.54, 1.807) is 30.3 Å². The number of halogens is 3. The van der Waals surface area contributed by atoms with Gasteiger partial charge in [0.1, 0.15) is 17.6 Å². The zero-order valence-electron chi connectivity index (χ0n) is 31.5. The third-order valence-corrected chi connectivity index (χ3v) is 12.1. The van der Waals surface area contributed by atoms with Crippen LogP contribution in [-0.2, 0) is 4.79 Å². The molecule has 2 aromatic heterocycles. The van der Waals surface area contributed by atoms with Crippen molar-refractivity contribution in [3.05, 3.63) is 76.8 Å². The first-order chi connectivity index (χ1) is 27.2. The minimum Gasteiger partial charge on any atom is -0.490 e. The van der Waals surface area contributed by atoms with E-state index in [-0.39, 0.29) is 61.1 Å². The van der Waals surface area contributed by atoms with Crippen LogP contribution in [-0.4, -0.2) is 88.9 Å². The molecule has 300 valence electrons. The Morgan fingerprint density at radius 3 is 2.40 bits per heavy atom. The quantitative estimate of drug-likeness (QED) is 0.190. The Hall–Kier alpha value is -4.97. The normalized spacial score (nSPS) is 21.1. The number of hydrogen-bond donors (Lipinski definition) is 2. The number of likely N-dealkylation sites (tertiary alicyclic amines) is 1. The van der Waals surface area contributed by atoms with Gasteiger partial charge in [0.15, 0.2) is 11.5 Å². The Balaban J connectivity index is 0.00000496. The molecule has 0 radical (unpaired) electrons. The molecule has 4 fully saturated rings. The molecule has 1 aliphatic carbocycles. The second-order valence-corrected chi connectivity index (χ2v) is 15.8. The highest BCUT2D eigenvalue weighted by Gasteiger charge is 2.31. The van der Waals surface area contributed by atoms with Crippen LogP contribution in [0.4, 0.5) is 20.7 Å². The first-order valence-electron chi connectivity index (χ1n) is 19.6. The van der Waals surface area contributed by atoms with Crippen molar-refractivity contribution in [1.82, 2.24) is 30.3 Å². The van der Waals surface area contributed by atoms with Gasteiger partial charge in [-0.2, -0.15) is 5.26 Å². The Labute approximate surface area is 341 Å². The molecule has 0 unspecified atom stereocenters. The standard InChI is InChI=1S/C41H45ClFN9O4.ClH/c42-33-23-31(4-1-27(33)24-44)56-30-5-2-28(3-6-30)45-40(54)35-8-10-37(48-47-35)50-19-11-26(12-20-50)25-49-17-13-29(14-18-49)51-21-15-32-36(51)9-7-34(43)39(32)52-22-16-38(53)46-41(52)55;/h1,4,7-10,15,21,23,26,28-30H,2-3,5-6,11-14,16-20,22,25H2,(H,45,54)(H,46,53,55);1H. The summed E-state index contributed by atoms with van der Waals surface area (Å²) >= 11 is 6.15. The SMILES string of the molecule is Cl.N#Cc1ccc(OC2CCC(NC(=O)c3ccc(N4CCC(CN5CCC(n6ccc7c(N8CCC(=O)NC8=O)c(F)ccc76)CC5)CC4)nn3)CC2)cc1Cl. The highest BCUT2D eigenvalue weighted by molar-refractivity contribution is 6.31. The molecule has 16 heteroatoms. The highest BCUT2D eigenvalue weighted by Crippen LogP contribution is 2.36. The summed E-state index contributed by atoms with van der Waals surface area (Å²) in [7, 11) is 0. The van der Waals surface area contributed by atoms with Crippen LogP contribution < -0.4 is 25.2 Å². The van der Waals surface area contributed by atoms with E-state index in [2.05, 4.69) is 41.3 Å². The number of nitrogens with one attached hydrogen (secondary N) is 2. The van der Waals surface area contributed by atoms with Crippen LogP contribution in [0, 0.1) is 23.1 Å². The van der Waals surface area contributed by atoms with E-state index >= 15 is 4.39 Å². The number of ether oxygens (including phenoxy) is 1. The smallest absolute Gasteiger partial charge is 0.328 e. The van der Waals surface area contributed by atoms with E-state index in [9.17, 15) is 14.4 Å². The first-order valence-corrected chi connectivity index (χ1v) is 20.0.